The number of ether oxygens (including phenoxy) is 1. The number of morpholine rings is 1. The van der Waals surface area contributed by atoms with Crippen LogP contribution < -0.4 is 5.32 Å². The minimum absolute atomic E-state index is 0.000227. The van der Waals surface area contributed by atoms with E-state index in [1.165, 1.54) is 16.9 Å². The maximum atomic E-state index is 5.87. The zero-order valence-corrected chi connectivity index (χ0v) is 19.9. The lowest BCUT2D eigenvalue weighted by atomic mass is 10.0. The van der Waals surface area contributed by atoms with Crippen molar-refractivity contribution in [1.29, 1.82) is 0 Å². The second kappa shape index (κ2) is 10.0. The first kappa shape index (κ1) is 22.1. The average Bonchev–Trinajstić information content (AvgIpc) is 3.45. The van der Waals surface area contributed by atoms with Crippen LogP contribution in [0.25, 0.3) is 5.69 Å². The van der Waals surface area contributed by atoms with Gasteiger partial charge < -0.3 is 19.5 Å². The fourth-order valence-corrected chi connectivity index (χ4v) is 5.28. The van der Waals surface area contributed by atoms with E-state index in [0.717, 1.165) is 56.6 Å². The van der Waals surface area contributed by atoms with Gasteiger partial charge in [0, 0.05) is 50.0 Å². The Morgan fingerprint density at radius 1 is 1.03 bits per heavy atom. The summed E-state index contributed by atoms with van der Waals surface area (Å²) in [6.07, 6.45) is 5.07. The molecule has 0 radical (unpaired) electrons. The third-order valence-electron chi connectivity index (χ3n) is 6.63. The van der Waals surface area contributed by atoms with Crippen molar-refractivity contribution in [3.8, 4) is 5.69 Å². The molecule has 6 nitrogen and oxygen atoms in total. The quantitative estimate of drug-likeness (QED) is 0.539. The van der Waals surface area contributed by atoms with Crippen molar-refractivity contribution in [2.24, 2.45) is 0 Å². The lowest BCUT2D eigenvalue weighted by molar-refractivity contribution is 0.0365. The normalized spacial score (nSPS) is 21.4. The number of aryl methyl sites for hydroxylation is 1. The Hall–Kier alpha value is -2.74. The maximum absolute atomic E-state index is 5.87. The van der Waals surface area contributed by atoms with E-state index in [0.29, 0.717) is 0 Å². The third kappa shape index (κ3) is 4.67. The van der Waals surface area contributed by atoms with Crippen LogP contribution in [0.4, 0.5) is 0 Å². The molecule has 1 N–H and O–H groups in total. The van der Waals surface area contributed by atoms with E-state index in [9.17, 15) is 0 Å². The molecule has 0 amide bonds. The predicted octanol–water partition coefficient (Wildman–Crippen LogP) is 3.88. The predicted molar refractivity (Wildman–Crippen MR) is 135 cm³/mol. The Bertz CT molecular complexity index is 1080. The fourth-order valence-electron chi connectivity index (χ4n) is 4.95. The van der Waals surface area contributed by atoms with Gasteiger partial charge in [0.25, 0.3) is 0 Å². The lowest BCUT2D eigenvalue weighted by Crippen LogP contribution is -2.39. The van der Waals surface area contributed by atoms with E-state index in [1.807, 2.05) is 18.3 Å². The number of pyridine rings is 1. The summed E-state index contributed by atoms with van der Waals surface area (Å²) < 4.78 is 7.80. The van der Waals surface area contributed by atoms with Crippen molar-refractivity contribution in [2.75, 3.05) is 39.4 Å². The van der Waals surface area contributed by atoms with Crippen molar-refractivity contribution in [3.63, 3.8) is 0 Å². The molecule has 7 heteroatoms. The van der Waals surface area contributed by atoms with Crippen LogP contribution in [0.2, 0.25) is 0 Å². The highest BCUT2D eigenvalue weighted by molar-refractivity contribution is 7.80. The van der Waals surface area contributed by atoms with Crippen molar-refractivity contribution in [3.05, 3.63) is 83.9 Å². The van der Waals surface area contributed by atoms with E-state index in [2.05, 4.69) is 80.3 Å². The van der Waals surface area contributed by atoms with Crippen LogP contribution in [0.5, 0.6) is 0 Å². The molecule has 2 aliphatic heterocycles. The van der Waals surface area contributed by atoms with Gasteiger partial charge in [-0.25, -0.2) is 0 Å². The molecule has 2 aromatic heterocycles. The largest absolute Gasteiger partial charge is 0.379 e. The standard InChI is InChI=1S/C26H31N5OS/c1-20-8-2-3-10-22(20)30-14-6-11-23(30)25-24(21-9-4-5-12-27-21)28-26(33)31(25)15-7-13-29-16-18-32-19-17-29/h2-6,8-12,14,24-25H,7,13,15-19H2,1H3,(H,28,33). The van der Waals surface area contributed by atoms with Gasteiger partial charge in [-0.2, -0.15) is 0 Å². The highest BCUT2D eigenvalue weighted by atomic mass is 32.1. The van der Waals surface area contributed by atoms with Crippen LogP contribution in [0.3, 0.4) is 0 Å². The van der Waals surface area contributed by atoms with Crippen molar-refractivity contribution < 1.29 is 4.74 Å². The first-order valence-electron chi connectivity index (χ1n) is 11.7. The minimum Gasteiger partial charge on any atom is -0.379 e. The van der Waals surface area contributed by atoms with Gasteiger partial charge in [0.05, 0.1) is 31.0 Å². The van der Waals surface area contributed by atoms with E-state index in [1.54, 1.807) is 0 Å². The number of para-hydroxylation sites is 1. The number of nitrogens with zero attached hydrogens (tertiary/aromatic N) is 4. The van der Waals surface area contributed by atoms with Gasteiger partial charge in [0.2, 0.25) is 0 Å². The molecule has 2 saturated heterocycles. The topological polar surface area (TPSA) is 45.6 Å². The summed E-state index contributed by atoms with van der Waals surface area (Å²) in [5.74, 6) is 0. The second-order valence-electron chi connectivity index (χ2n) is 8.72. The number of rotatable bonds is 7. The third-order valence-corrected chi connectivity index (χ3v) is 6.99. The highest BCUT2D eigenvalue weighted by Gasteiger charge is 2.41. The average molecular weight is 462 g/mol. The summed E-state index contributed by atoms with van der Waals surface area (Å²) in [7, 11) is 0. The van der Waals surface area contributed by atoms with Gasteiger partial charge in [-0.3, -0.25) is 9.88 Å². The van der Waals surface area contributed by atoms with Crippen LogP contribution in [-0.4, -0.2) is 63.9 Å². The summed E-state index contributed by atoms with van der Waals surface area (Å²) >= 11 is 5.87. The molecule has 0 saturated carbocycles. The smallest absolute Gasteiger partial charge is 0.170 e. The number of benzene rings is 1. The van der Waals surface area contributed by atoms with Crippen molar-refractivity contribution in [2.45, 2.75) is 25.4 Å². The molecule has 33 heavy (non-hydrogen) atoms. The van der Waals surface area contributed by atoms with Gasteiger partial charge in [0.15, 0.2) is 5.11 Å². The van der Waals surface area contributed by atoms with Crippen LogP contribution >= 0.6 is 12.2 Å². The molecule has 172 valence electrons. The number of aromatic nitrogens is 2. The summed E-state index contributed by atoms with van der Waals surface area (Å²) in [6.45, 7) is 7.80. The molecular formula is C26H31N5OS. The molecule has 4 heterocycles. The summed E-state index contributed by atoms with van der Waals surface area (Å²) in [5, 5.41) is 4.39. The number of thiocarbonyl (C=S) groups is 1. The molecule has 2 aliphatic rings. The van der Waals surface area contributed by atoms with Crippen LogP contribution in [0.1, 0.15) is 35.5 Å². The van der Waals surface area contributed by atoms with Crippen LogP contribution in [0, 0.1) is 6.92 Å². The fraction of sp³-hybridized carbons (Fsp3) is 0.385. The monoisotopic (exact) mass is 461 g/mol. The number of hydrogen-bond donors (Lipinski definition) is 1. The number of nitrogens with one attached hydrogen (secondary N) is 1. The Morgan fingerprint density at radius 2 is 1.85 bits per heavy atom. The maximum Gasteiger partial charge on any atom is 0.170 e. The second-order valence-corrected chi connectivity index (χ2v) is 9.10. The minimum atomic E-state index is -0.000227. The summed E-state index contributed by atoms with van der Waals surface area (Å²) in [5.41, 5.74) is 4.68. The highest BCUT2D eigenvalue weighted by Crippen LogP contribution is 2.39. The molecular weight excluding hydrogens is 430 g/mol. The van der Waals surface area contributed by atoms with E-state index in [4.69, 9.17) is 17.0 Å². The number of hydrogen-bond acceptors (Lipinski definition) is 4. The zero-order chi connectivity index (χ0) is 22.6. The zero-order valence-electron chi connectivity index (χ0n) is 19.1. The molecule has 3 aromatic rings. The Morgan fingerprint density at radius 3 is 2.64 bits per heavy atom. The van der Waals surface area contributed by atoms with Gasteiger partial charge >= 0.3 is 0 Å². The van der Waals surface area contributed by atoms with E-state index < -0.39 is 0 Å². The molecule has 0 aliphatic carbocycles. The van der Waals surface area contributed by atoms with Gasteiger partial charge in [-0.05, 0) is 61.5 Å². The first-order chi connectivity index (χ1) is 16.2. The van der Waals surface area contributed by atoms with Gasteiger partial charge in [0.1, 0.15) is 0 Å². The molecule has 1 aromatic carbocycles. The lowest BCUT2D eigenvalue weighted by Gasteiger charge is -2.31. The molecule has 0 spiro atoms. The van der Waals surface area contributed by atoms with Crippen LogP contribution in [0.15, 0.2) is 67.0 Å². The summed E-state index contributed by atoms with van der Waals surface area (Å²) in [6, 6.07) is 19.0. The first-order valence-corrected chi connectivity index (χ1v) is 12.1. The summed E-state index contributed by atoms with van der Waals surface area (Å²) in [4.78, 5) is 9.53. The molecule has 2 fully saturated rings. The Balaban J connectivity index is 1.45. The Labute approximate surface area is 201 Å². The molecule has 0 bridgehead atoms. The Kier molecular flexibility index (Phi) is 6.71. The van der Waals surface area contributed by atoms with E-state index in [-0.39, 0.29) is 12.1 Å². The molecule has 5 rings (SSSR count). The van der Waals surface area contributed by atoms with Gasteiger partial charge in [-0.1, -0.05) is 24.3 Å². The van der Waals surface area contributed by atoms with E-state index >= 15 is 0 Å². The van der Waals surface area contributed by atoms with Crippen molar-refractivity contribution in [1.82, 2.24) is 24.7 Å². The molecule has 2 unspecified atom stereocenters. The van der Waals surface area contributed by atoms with Gasteiger partial charge in [-0.15, -0.1) is 0 Å². The van der Waals surface area contributed by atoms with Crippen LogP contribution in [-0.2, 0) is 4.74 Å². The SMILES string of the molecule is Cc1ccccc1-n1cccc1C1C(c2ccccn2)NC(=S)N1CCCN1CCOCC1. The van der Waals surface area contributed by atoms with Crippen molar-refractivity contribution >= 4 is 17.3 Å². The molecule has 2 atom stereocenters.